The van der Waals surface area contributed by atoms with Gasteiger partial charge in [0.25, 0.3) is 0 Å². The van der Waals surface area contributed by atoms with Crippen molar-refractivity contribution < 1.29 is 14.3 Å². The highest BCUT2D eigenvalue weighted by atomic mass is 79.9. The molecule has 0 radical (unpaired) electrons. The molecule has 2 fully saturated rings. The van der Waals surface area contributed by atoms with E-state index < -0.39 is 0 Å². The number of hydrogen-bond donors (Lipinski definition) is 0. The number of piperidine rings is 1. The highest BCUT2D eigenvalue weighted by Crippen LogP contribution is 2.38. The molecule has 6 heteroatoms. The molecule has 0 N–H and O–H groups in total. The molecule has 18 heavy (non-hydrogen) atoms. The van der Waals surface area contributed by atoms with Gasteiger partial charge in [-0.25, -0.2) is 0 Å². The summed E-state index contributed by atoms with van der Waals surface area (Å²) in [5, 5.41) is 0.888. The van der Waals surface area contributed by atoms with E-state index in [1.165, 1.54) is 6.92 Å². The minimum atomic E-state index is -0.275. The van der Waals surface area contributed by atoms with Crippen molar-refractivity contribution in [3.05, 3.63) is 0 Å². The summed E-state index contributed by atoms with van der Waals surface area (Å²) in [4.78, 5) is 25.1. The van der Waals surface area contributed by atoms with Gasteiger partial charge in [0.05, 0.1) is 10.9 Å². The van der Waals surface area contributed by atoms with Crippen LogP contribution in [0.15, 0.2) is 0 Å². The Morgan fingerprint density at radius 2 is 2.28 bits per heavy atom. The Kier molecular flexibility index (Phi) is 4.69. The molecule has 2 saturated heterocycles. The van der Waals surface area contributed by atoms with Crippen LogP contribution in [0.25, 0.3) is 0 Å². The van der Waals surface area contributed by atoms with Gasteiger partial charge in [-0.05, 0) is 18.8 Å². The zero-order chi connectivity index (χ0) is 13.3. The maximum absolute atomic E-state index is 11.9. The summed E-state index contributed by atoms with van der Waals surface area (Å²) in [6.45, 7) is 2.19. The van der Waals surface area contributed by atoms with Crippen LogP contribution in [-0.2, 0) is 14.3 Å². The van der Waals surface area contributed by atoms with Gasteiger partial charge in [-0.15, -0.1) is 0 Å². The Morgan fingerprint density at radius 3 is 2.89 bits per heavy atom. The summed E-state index contributed by atoms with van der Waals surface area (Å²) in [6.07, 6.45) is 2.11. The molecular formula is C12H17Br2NO3. The van der Waals surface area contributed by atoms with Gasteiger partial charge in [0.2, 0.25) is 5.91 Å². The van der Waals surface area contributed by atoms with E-state index in [0.717, 1.165) is 24.7 Å². The third kappa shape index (κ3) is 2.74. The molecule has 0 spiro atoms. The number of esters is 1. The van der Waals surface area contributed by atoms with Crippen molar-refractivity contribution in [3.63, 3.8) is 0 Å². The number of amides is 1. The van der Waals surface area contributed by atoms with Crippen molar-refractivity contribution in [2.75, 3.05) is 11.9 Å². The van der Waals surface area contributed by atoms with Crippen molar-refractivity contribution in [2.24, 2.45) is 5.92 Å². The fourth-order valence-electron chi connectivity index (χ4n) is 2.89. The van der Waals surface area contributed by atoms with E-state index in [9.17, 15) is 9.59 Å². The van der Waals surface area contributed by atoms with Gasteiger partial charge < -0.3 is 9.64 Å². The van der Waals surface area contributed by atoms with E-state index in [0.29, 0.717) is 12.3 Å². The van der Waals surface area contributed by atoms with Crippen LogP contribution in [0.4, 0.5) is 0 Å². The number of ether oxygens (including phenoxy) is 1. The van der Waals surface area contributed by atoms with E-state index in [-0.39, 0.29) is 28.8 Å². The second-order valence-electron chi connectivity index (χ2n) is 4.91. The quantitative estimate of drug-likeness (QED) is 0.554. The zero-order valence-corrected chi connectivity index (χ0v) is 13.4. The third-order valence-electron chi connectivity index (χ3n) is 3.73. The summed E-state index contributed by atoms with van der Waals surface area (Å²) in [5.41, 5.74) is 0. The fourth-order valence-corrected chi connectivity index (χ4v) is 4.37. The maximum Gasteiger partial charge on any atom is 0.303 e. The molecule has 102 valence electrons. The zero-order valence-electron chi connectivity index (χ0n) is 10.3. The van der Waals surface area contributed by atoms with Crippen LogP contribution < -0.4 is 0 Å². The van der Waals surface area contributed by atoms with E-state index in [2.05, 4.69) is 31.9 Å². The van der Waals surface area contributed by atoms with Crippen molar-refractivity contribution in [3.8, 4) is 0 Å². The first-order valence-corrected chi connectivity index (χ1v) is 8.25. The third-order valence-corrected chi connectivity index (χ3v) is 5.46. The molecule has 2 rings (SSSR count). The summed E-state index contributed by atoms with van der Waals surface area (Å²) in [7, 11) is 0. The number of carbonyl (C=O) groups excluding carboxylic acids is 2. The average Bonchev–Trinajstić information content (AvgIpc) is 2.66. The number of nitrogens with zero attached hydrogens (tertiary/aromatic N) is 1. The molecule has 0 saturated carbocycles. The molecule has 0 aromatic rings. The van der Waals surface area contributed by atoms with Crippen LogP contribution in [0.1, 0.15) is 26.2 Å². The summed E-state index contributed by atoms with van der Waals surface area (Å²) in [6, 6.07) is 0.0531. The van der Waals surface area contributed by atoms with Gasteiger partial charge in [0.15, 0.2) is 0 Å². The molecule has 2 aliphatic rings. The standard InChI is InChI=1S/C12H17Br2NO3/c1-7(16)18-12-9-2-3-10(17)15(9)6-8(4-5-13)11(12)14/h8-9,11-12H,2-6H2,1H3/t8-,9-,11+,12+/m0/s1. The number of hydrogen-bond acceptors (Lipinski definition) is 3. The van der Waals surface area contributed by atoms with Gasteiger partial charge in [0, 0.05) is 25.2 Å². The van der Waals surface area contributed by atoms with Gasteiger partial charge in [-0.3, -0.25) is 9.59 Å². The molecule has 0 aromatic heterocycles. The Bertz CT molecular complexity index is 350. The minimum absolute atomic E-state index is 0.0531. The minimum Gasteiger partial charge on any atom is -0.459 e. The number of rotatable bonds is 3. The van der Waals surface area contributed by atoms with Gasteiger partial charge in [0.1, 0.15) is 6.10 Å². The van der Waals surface area contributed by atoms with E-state index >= 15 is 0 Å². The predicted molar refractivity (Wildman–Crippen MR) is 74.9 cm³/mol. The molecule has 4 nitrogen and oxygen atoms in total. The van der Waals surface area contributed by atoms with E-state index in [1.807, 2.05) is 4.90 Å². The number of carbonyl (C=O) groups is 2. The van der Waals surface area contributed by atoms with Crippen molar-refractivity contribution in [2.45, 2.75) is 43.2 Å². The van der Waals surface area contributed by atoms with E-state index in [4.69, 9.17) is 4.74 Å². The predicted octanol–water partition coefficient (Wildman–Crippen LogP) is 2.09. The van der Waals surface area contributed by atoms with Crippen molar-refractivity contribution >= 4 is 43.7 Å². The number of fused-ring (bicyclic) bond motifs is 1. The molecule has 0 unspecified atom stereocenters. The first-order chi connectivity index (χ1) is 8.54. The normalized spacial score (nSPS) is 35.5. The van der Waals surface area contributed by atoms with Crippen molar-refractivity contribution in [1.82, 2.24) is 4.90 Å². The summed E-state index contributed by atoms with van der Waals surface area (Å²) >= 11 is 7.11. The van der Waals surface area contributed by atoms with Gasteiger partial charge in [-0.2, -0.15) is 0 Å². The first-order valence-electron chi connectivity index (χ1n) is 6.21. The Hall–Kier alpha value is -0.100. The largest absolute Gasteiger partial charge is 0.459 e. The molecule has 1 amide bonds. The van der Waals surface area contributed by atoms with Crippen LogP contribution in [-0.4, -0.2) is 45.6 Å². The second-order valence-corrected chi connectivity index (χ2v) is 6.76. The lowest BCUT2D eigenvalue weighted by molar-refractivity contribution is -0.155. The topological polar surface area (TPSA) is 46.6 Å². The number of alkyl halides is 2. The monoisotopic (exact) mass is 381 g/mol. The fraction of sp³-hybridized carbons (Fsp3) is 0.833. The molecule has 2 heterocycles. The highest BCUT2D eigenvalue weighted by Gasteiger charge is 2.48. The average molecular weight is 383 g/mol. The second kappa shape index (κ2) is 5.90. The van der Waals surface area contributed by atoms with Crippen LogP contribution in [0.2, 0.25) is 0 Å². The lowest BCUT2D eigenvalue weighted by atomic mass is 9.88. The Labute approximate surface area is 124 Å². The maximum atomic E-state index is 11.9. The van der Waals surface area contributed by atoms with Crippen LogP contribution in [0.5, 0.6) is 0 Å². The molecule has 0 aliphatic carbocycles. The van der Waals surface area contributed by atoms with Gasteiger partial charge in [-0.1, -0.05) is 31.9 Å². The summed E-state index contributed by atoms with van der Waals surface area (Å²) in [5.74, 6) is 0.242. The smallest absolute Gasteiger partial charge is 0.303 e. The Balaban J connectivity index is 2.17. The number of halogens is 2. The van der Waals surface area contributed by atoms with E-state index in [1.54, 1.807) is 0 Å². The Morgan fingerprint density at radius 1 is 1.56 bits per heavy atom. The first kappa shape index (κ1) is 14.3. The molecule has 4 atom stereocenters. The molecule has 0 aromatic carbocycles. The molecular weight excluding hydrogens is 366 g/mol. The van der Waals surface area contributed by atoms with Crippen molar-refractivity contribution in [1.29, 1.82) is 0 Å². The lowest BCUT2D eigenvalue weighted by Crippen LogP contribution is -2.56. The lowest BCUT2D eigenvalue weighted by Gasteiger charge is -2.43. The highest BCUT2D eigenvalue weighted by molar-refractivity contribution is 9.09. The van der Waals surface area contributed by atoms with Gasteiger partial charge >= 0.3 is 5.97 Å². The van der Waals surface area contributed by atoms with Crippen LogP contribution in [0.3, 0.4) is 0 Å². The molecule has 2 aliphatic heterocycles. The SMILES string of the molecule is CC(=O)O[C@H]1[C@H](Br)[C@@H](CCBr)CN2C(=O)CC[C@@H]12. The molecule has 0 bridgehead atoms. The van der Waals surface area contributed by atoms with Crippen LogP contribution in [0, 0.1) is 5.92 Å². The summed E-state index contributed by atoms with van der Waals surface area (Å²) < 4.78 is 5.45. The van der Waals surface area contributed by atoms with Crippen LogP contribution >= 0.6 is 31.9 Å².